The van der Waals surface area contributed by atoms with E-state index in [0.717, 1.165) is 46.5 Å². The molecule has 162 valence electrons. The van der Waals surface area contributed by atoms with Crippen molar-refractivity contribution >= 4 is 56.3 Å². The van der Waals surface area contributed by atoms with Crippen molar-refractivity contribution in [1.82, 2.24) is 9.97 Å². The molecule has 0 saturated heterocycles. The van der Waals surface area contributed by atoms with Gasteiger partial charge in [-0.2, -0.15) is 0 Å². The molecule has 0 aliphatic heterocycles. The van der Waals surface area contributed by atoms with Crippen LogP contribution in [0.1, 0.15) is 22.7 Å². The fraction of sp³-hybridized carbons (Fsp3) is 0.208. The molecule has 5 rings (SSSR count). The Labute approximate surface area is 193 Å². The molecular formula is C24H22N4O2S2. The SMILES string of the molecule is O=C(CSCc1nc2sc3c(c2c(=O)[nH]1)CCC3)Nc1ccc(Nc2ccccc2)cc1. The number of amides is 1. The Morgan fingerprint density at radius 2 is 1.78 bits per heavy atom. The Balaban J connectivity index is 1.14. The lowest BCUT2D eigenvalue weighted by molar-refractivity contribution is -0.113. The number of aromatic nitrogens is 2. The maximum atomic E-state index is 12.5. The third kappa shape index (κ3) is 4.56. The van der Waals surface area contributed by atoms with Crippen molar-refractivity contribution in [1.29, 1.82) is 0 Å². The van der Waals surface area contributed by atoms with Gasteiger partial charge in [-0.25, -0.2) is 4.98 Å². The summed E-state index contributed by atoms with van der Waals surface area (Å²) in [7, 11) is 0. The lowest BCUT2D eigenvalue weighted by Gasteiger charge is -2.08. The van der Waals surface area contributed by atoms with Gasteiger partial charge in [0.25, 0.3) is 5.56 Å². The van der Waals surface area contributed by atoms with Gasteiger partial charge in [0.1, 0.15) is 10.7 Å². The lowest BCUT2D eigenvalue weighted by Crippen LogP contribution is -2.15. The Morgan fingerprint density at radius 3 is 2.59 bits per heavy atom. The molecule has 0 saturated carbocycles. The van der Waals surface area contributed by atoms with Gasteiger partial charge in [0, 0.05) is 21.9 Å². The average molecular weight is 463 g/mol. The highest BCUT2D eigenvalue weighted by Crippen LogP contribution is 2.34. The molecule has 8 heteroatoms. The van der Waals surface area contributed by atoms with Crippen LogP contribution >= 0.6 is 23.1 Å². The highest BCUT2D eigenvalue weighted by Gasteiger charge is 2.21. The smallest absolute Gasteiger partial charge is 0.259 e. The minimum absolute atomic E-state index is 0.0568. The first-order valence-electron chi connectivity index (χ1n) is 10.5. The number of nitrogens with zero attached hydrogens (tertiary/aromatic N) is 1. The van der Waals surface area contributed by atoms with E-state index in [4.69, 9.17) is 0 Å². The van der Waals surface area contributed by atoms with Crippen LogP contribution in [0.5, 0.6) is 0 Å². The Bertz CT molecular complexity index is 1310. The normalized spacial score (nSPS) is 12.6. The number of anilines is 3. The molecule has 2 aromatic carbocycles. The molecular weight excluding hydrogens is 440 g/mol. The summed E-state index contributed by atoms with van der Waals surface area (Å²) in [5.41, 5.74) is 3.84. The van der Waals surface area contributed by atoms with E-state index in [0.29, 0.717) is 11.6 Å². The first-order valence-corrected chi connectivity index (χ1v) is 12.5. The summed E-state index contributed by atoms with van der Waals surface area (Å²) >= 11 is 3.07. The van der Waals surface area contributed by atoms with Crippen LogP contribution in [-0.4, -0.2) is 21.6 Å². The fourth-order valence-corrected chi connectivity index (χ4v) is 5.85. The third-order valence-electron chi connectivity index (χ3n) is 5.33. The summed E-state index contributed by atoms with van der Waals surface area (Å²) in [5.74, 6) is 1.31. The summed E-state index contributed by atoms with van der Waals surface area (Å²) in [6, 6.07) is 17.5. The predicted molar refractivity (Wildman–Crippen MR) is 133 cm³/mol. The van der Waals surface area contributed by atoms with Crippen LogP contribution in [0.4, 0.5) is 17.1 Å². The van der Waals surface area contributed by atoms with Gasteiger partial charge in [0.05, 0.1) is 16.9 Å². The van der Waals surface area contributed by atoms with E-state index >= 15 is 0 Å². The molecule has 0 atom stereocenters. The number of carbonyl (C=O) groups is 1. The molecule has 0 bridgehead atoms. The number of nitrogens with one attached hydrogen (secondary N) is 3. The highest BCUT2D eigenvalue weighted by atomic mass is 32.2. The molecule has 32 heavy (non-hydrogen) atoms. The number of thioether (sulfide) groups is 1. The molecule has 6 nitrogen and oxygen atoms in total. The van der Waals surface area contributed by atoms with Crippen molar-refractivity contribution < 1.29 is 4.79 Å². The van der Waals surface area contributed by atoms with E-state index in [-0.39, 0.29) is 17.2 Å². The molecule has 2 heterocycles. The second-order valence-electron chi connectivity index (χ2n) is 7.66. The number of fused-ring (bicyclic) bond motifs is 3. The Hall–Kier alpha value is -3.10. The molecule has 0 spiro atoms. The Kier molecular flexibility index (Phi) is 5.96. The van der Waals surface area contributed by atoms with Crippen molar-refractivity contribution in [3.63, 3.8) is 0 Å². The van der Waals surface area contributed by atoms with E-state index in [1.807, 2.05) is 54.6 Å². The van der Waals surface area contributed by atoms with Gasteiger partial charge in [0.2, 0.25) is 5.91 Å². The number of hydrogen-bond acceptors (Lipinski definition) is 6. The largest absolute Gasteiger partial charge is 0.356 e. The minimum Gasteiger partial charge on any atom is -0.356 e. The van der Waals surface area contributed by atoms with Crippen LogP contribution in [0.25, 0.3) is 10.2 Å². The van der Waals surface area contributed by atoms with Gasteiger partial charge in [0.15, 0.2) is 0 Å². The average Bonchev–Trinajstić information content (AvgIpc) is 3.37. The van der Waals surface area contributed by atoms with Gasteiger partial charge in [-0.15, -0.1) is 23.1 Å². The summed E-state index contributed by atoms with van der Waals surface area (Å²) in [6.07, 6.45) is 3.14. The maximum Gasteiger partial charge on any atom is 0.259 e. The Morgan fingerprint density at radius 1 is 1.03 bits per heavy atom. The predicted octanol–water partition coefficient (Wildman–Crippen LogP) is 5.09. The van der Waals surface area contributed by atoms with Gasteiger partial charge in [-0.1, -0.05) is 18.2 Å². The first-order chi connectivity index (χ1) is 15.7. The zero-order chi connectivity index (χ0) is 21.9. The second kappa shape index (κ2) is 9.18. The van der Waals surface area contributed by atoms with Crippen molar-refractivity contribution in [2.75, 3.05) is 16.4 Å². The number of H-pyrrole nitrogens is 1. The van der Waals surface area contributed by atoms with Crippen molar-refractivity contribution in [3.8, 4) is 0 Å². The number of hydrogen-bond donors (Lipinski definition) is 3. The summed E-state index contributed by atoms with van der Waals surface area (Å²) in [5, 5.41) is 6.99. The molecule has 2 aromatic heterocycles. The molecule has 0 fully saturated rings. The van der Waals surface area contributed by atoms with E-state index in [1.54, 1.807) is 11.3 Å². The zero-order valence-electron chi connectivity index (χ0n) is 17.3. The zero-order valence-corrected chi connectivity index (χ0v) is 18.9. The fourth-order valence-electron chi connectivity index (χ4n) is 3.88. The first kappa shape index (κ1) is 20.8. The molecule has 0 radical (unpaired) electrons. The van der Waals surface area contributed by atoms with Crippen LogP contribution in [0.2, 0.25) is 0 Å². The van der Waals surface area contributed by atoms with Crippen molar-refractivity contribution in [2.45, 2.75) is 25.0 Å². The van der Waals surface area contributed by atoms with E-state index in [9.17, 15) is 9.59 Å². The highest BCUT2D eigenvalue weighted by molar-refractivity contribution is 7.99. The monoisotopic (exact) mass is 462 g/mol. The number of para-hydroxylation sites is 1. The number of thiophene rings is 1. The van der Waals surface area contributed by atoms with E-state index in [1.165, 1.54) is 22.2 Å². The summed E-state index contributed by atoms with van der Waals surface area (Å²) in [6.45, 7) is 0. The summed E-state index contributed by atoms with van der Waals surface area (Å²) < 4.78 is 0. The number of benzene rings is 2. The lowest BCUT2D eigenvalue weighted by atomic mass is 10.2. The standard InChI is InChI=1S/C24H22N4O2S2/c29-21(26-17-11-9-16(10-12-17)25-15-5-2-1-3-6-15)14-31-13-20-27-23(30)22-18-7-4-8-19(18)32-24(22)28-20/h1-3,5-6,9-12,25H,4,7-8,13-14H2,(H,26,29)(H,27,28,30). The van der Waals surface area contributed by atoms with Crippen LogP contribution < -0.4 is 16.2 Å². The molecule has 4 aromatic rings. The quantitative estimate of drug-likeness (QED) is 0.356. The minimum atomic E-state index is -0.0858. The molecule has 1 amide bonds. The van der Waals surface area contributed by atoms with Crippen LogP contribution in [0.15, 0.2) is 59.4 Å². The topological polar surface area (TPSA) is 86.9 Å². The number of rotatable bonds is 7. The third-order valence-corrected chi connectivity index (χ3v) is 7.46. The van der Waals surface area contributed by atoms with Crippen molar-refractivity contribution in [2.24, 2.45) is 0 Å². The van der Waals surface area contributed by atoms with Gasteiger partial charge in [-0.3, -0.25) is 9.59 Å². The number of aryl methyl sites for hydroxylation is 2. The summed E-state index contributed by atoms with van der Waals surface area (Å²) in [4.78, 5) is 34.5. The number of carbonyl (C=O) groups excluding carboxylic acids is 1. The van der Waals surface area contributed by atoms with Crippen molar-refractivity contribution in [3.05, 3.63) is 81.2 Å². The van der Waals surface area contributed by atoms with Crippen LogP contribution in [0.3, 0.4) is 0 Å². The van der Waals surface area contributed by atoms with Crippen LogP contribution in [0, 0.1) is 0 Å². The van der Waals surface area contributed by atoms with E-state index in [2.05, 4.69) is 20.6 Å². The van der Waals surface area contributed by atoms with Gasteiger partial charge < -0.3 is 15.6 Å². The van der Waals surface area contributed by atoms with Gasteiger partial charge >= 0.3 is 0 Å². The number of aromatic amines is 1. The molecule has 1 aliphatic rings. The van der Waals surface area contributed by atoms with Crippen LogP contribution in [-0.2, 0) is 23.4 Å². The van der Waals surface area contributed by atoms with Gasteiger partial charge in [-0.05, 0) is 61.2 Å². The molecule has 3 N–H and O–H groups in total. The maximum absolute atomic E-state index is 12.5. The molecule has 1 aliphatic carbocycles. The van der Waals surface area contributed by atoms with E-state index < -0.39 is 0 Å². The molecule has 0 unspecified atom stereocenters. The second-order valence-corrected chi connectivity index (χ2v) is 9.73.